The number of hydrogen-bond acceptors (Lipinski definition) is 4. The number of ether oxygens (including phenoxy) is 1. The summed E-state index contributed by atoms with van der Waals surface area (Å²) in [6.07, 6.45) is 8.05. The molecule has 2 fully saturated rings. The minimum Gasteiger partial charge on any atom is -0.497 e. The number of fused-ring (bicyclic) bond motifs is 2. The van der Waals surface area contributed by atoms with Crippen molar-refractivity contribution in [2.75, 3.05) is 20.3 Å². The monoisotopic (exact) mass is 465 g/mol. The summed E-state index contributed by atoms with van der Waals surface area (Å²) in [6.45, 7) is 9.16. The summed E-state index contributed by atoms with van der Waals surface area (Å²) in [5.41, 5.74) is 10.3. The van der Waals surface area contributed by atoms with E-state index in [1.54, 1.807) is 7.11 Å². The first-order valence-corrected chi connectivity index (χ1v) is 13.4. The van der Waals surface area contributed by atoms with E-state index in [0.29, 0.717) is 11.8 Å². The second-order valence-electron chi connectivity index (χ2n) is 11.9. The lowest BCUT2D eigenvalue weighted by Gasteiger charge is -2.55. The fourth-order valence-electron chi connectivity index (χ4n) is 8.42. The van der Waals surface area contributed by atoms with Gasteiger partial charge in [-0.3, -0.25) is 4.68 Å². The molecule has 34 heavy (non-hydrogen) atoms. The molecule has 8 atom stereocenters. The molecule has 0 saturated heterocycles. The Bertz CT molecular complexity index is 986. The van der Waals surface area contributed by atoms with Crippen LogP contribution in [0.4, 0.5) is 0 Å². The van der Waals surface area contributed by atoms with Gasteiger partial charge in [0.05, 0.1) is 19.3 Å². The van der Waals surface area contributed by atoms with Crippen LogP contribution in [0, 0.1) is 46.8 Å². The molecule has 1 heterocycles. The van der Waals surface area contributed by atoms with Crippen LogP contribution in [0.5, 0.6) is 5.75 Å². The molecule has 0 unspecified atom stereocenters. The fourth-order valence-corrected chi connectivity index (χ4v) is 8.42. The Kier molecular flexibility index (Phi) is 6.54. The number of nitrogens with two attached hydrogens (primary N) is 1. The lowest BCUT2D eigenvalue weighted by atomic mass is 9.50. The van der Waals surface area contributed by atoms with Crippen LogP contribution < -0.4 is 10.5 Å². The lowest BCUT2D eigenvalue weighted by Crippen LogP contribution is -2.53. The topological polar surface area (TPSA) is 73.3 Å². The van der Waals surface area contributed by atoms with Crippen molar-refractivity contribution in [3.05, 3.63) is 47.3 Å². The molecule has 186 valence electrons. The van der Waals surface area contributed by atoms with E-state index >= 15 is 0 Å². The Balaban J connectivity index is 1.41. The van der Waals surface area contributed by atoms with Gasteiger partial charge in [-0.15, -0.1) is 0 Å². The predicted octanol–water partition coefficient (Wildman–Crippen LogP) is 4.55. The molecule has 2 saturated carbocycles. The van der Waals surface area contributed by atoms with Crippen LogP contribution >= 0.6 is 0 Å². The van der Waals surface area contributed by atoms with E-state index in [-0.39, 0.29) is 17.9 Å². The van der Waals surface area contributed by atoms with Crippen molar-refractivity contribution in [1.82, 2.24) is 9.78 Å². The van der Waals surface area contributed by atoms with Gasteiger partial charge in [-0.25, -0.2) is 0 Å². The maximum atomic E-state index is 10.6. The summed E-state index contributed by atoms with van der Waals surface area (Å²) in [5.74, 6) is 5.40. The molecule has 2 aromatic rings. The first-order chi connectivity index (χ1) is 16.4. The minimum atomic E-state index is 0.0603. The number of aliphatic hydroxyl groups is 1. The van der Waals surface area contributed by atoms with Gasteiger partial charge in [-0.1, -0.05) is 39.3 Å². The van der Waals surface area contributed by atoms with Crippen LogP contribution in [0.25, 0.3) is 0 Å². The van der Waals surface area contributed by atoms with E-state index < -0.39 is 0 Å². The lowest BCUT2D eigenvalue weighted by molar-refractivity contribution is -0.0605. The van der Waals surface area contributed by atoms with E-state index in [1.807, 2.05) is 12.1 Å². The molecule has 3 N–H and O–H groups in total. The second-order valence-corrected chi connectivity index (χ2v) is 11.9. The molecule has 3 aliphatic rings. The van der Waals surface area contributed by atoms with Crippen LogP contribution in [0.3, 0.4) is 0 Å². The molecule has 1 aromatic heterocycles. The van der Waals surface area contributed by atoms with Crippen LogP contribution in [0.2, 0.25) is 0 Å². The Morgan fingerprint density at radius 2 is 1.94 bits per heavy atom. The Hall–Kier alpha value is -1.85. The summed E-state index contributed by atoms with van der Waals surface area (Å²) >= 11 is 0. The van der Waals surface area contributed by atoms with E-state index in [0.717, 1.165) is 55.4 Å². The molecule has 1 aromatic carbocycles. The predicted molar refractivity (Wildman–Crippen MR) is 136 cm³/mol. The SMILES string of the molecule is COc1ccc(Cn2cc3c(n2)C[C@H](CO)[C@@](C)([C@H]2C[C@@H](C)[C@@H]4[C@H](CC[C@@H]4C)[C@@H]2CN)C3)cc1. The van der Waals surface area contributed by atoms with Crippen molar-refractivity contribution >= 4 is 0 Å². The summed E-state index contributed by atoms with van der Waals surface area (Å²) in [5, 5.41) is 15.5. The van der Waals surface area contributed by atoms with Gasteiger partial charge in [0, 0.05) is 12.8 Å². The molecule has 5 heteroatoms. The number of hydrogen-bond donors (Lipinski definition) is 2. The van der Waals surface area contributed by atoms with Crippen molar-refractivity contribution in [3.8, 4) is 5.75 Å². The maximum Gasteiger partial charge on any atom is 0.118 e. The summed E-state index contributed by atoms with van der Waals surface area (Å²) in [7, 11) is 1.70. The molecular weight excluding hydrogens is 422 g/mol. The smallest absolute Gasteiger partial charge is 0.118 e. The number of aromatic nitrogens is 2. The molecule has 5 rings (SSSR count). The summed E-state index contributed by atoms with van der Waals surface area (Å²) < 4.78 is 7.38. The summed E-state index contributed by atoms with van der Waals surface area (Å²) in [6, 6.07) is 8.22. The van der Waals surface area contributed by atoms with Crippen molar-refractivity contribution in [2.24, 2.45) is 52.6 Å². The van der Waals surface area contributed by atoms with Gasteiger partial charge < -0.3 is 15.6 Å². The molecular formula is C29H43N3O2. The third-order valence-electron chi connectivity index (χ3n) is 10.2. The number of rotatable bonds is 6. The highest BCUT2D eigenvalue weighted by molar-refractivity contribution is 5.29. The summed E-state index contributed by atoms with van der Waals surface area (Å²) in [4.78, 5) is 0. The number of benzene rings is 1. The van der Waals surface area contributed by atoms with Crippen LogP contribution in [-0.2, 0) is 19.4 Å². The quantitative estimate of drug-likeness (QED) is 0.657. The van der Waals surface area contributed by atoms with Gasteiger partial charge in [-0.2, -0.15) is 5.10 Å². The van der Waals surface area contributed by atoms with Crippen molar-refractivity contribution in [1.29, 1.82) is 0 Å². The number of nitrogens with zero attached hydrogens (tertiary/aromatic N) is 2. The molecule has 0 aliphatic heterocycles. The van der Waals surface area contributed by atoms with Gasteiger partial charge in [0.15, 0.2) is 0 Å². The van der Waals surface area contributed by atoms with Gasteiger partial charge in [0.2, 0.25) is 0 Å². The largest absolute Gasteiger partial charge is 0.497 e. The first-order valence-electron chi connectivity index (χ1n) is 13.4. The van der Waals surface area contributed by atoms with Crippen LogP contribution in [0.15, 0.2) is 30.5 Å². The molecule has 0 bridgehead atoms. The standard InChI is InChI=1S/C29H43N3O2/c1-18-5-10-24-25(14-30)26(11-19(2)28(18)24)29(3)13-21-16-32(31-27(21)12-22(29)17-33)15-20-6-8-23(34-4)9-7-20/h6-9,16,18-19,22,24-26,28,33H,5,10-15,17,30H2,1-4H3/t18-,19+,22+,24+,25-,26-,28+,29-/m0/s1. The van der Waals surface area contributed by atoms with Crippen molar-refractivity contribution in [2.45, 2.75) is 59.4 Å². The Labute approximate surface area is 205 Å². The fraction of sp³-hybridized carbons (Fsp3) is 0.690. The van der Waals surface area contributed by atoms with E-state index in [2.05, 4.69) is 43.8 Å². The third kappa shape index (κ3) is 3.99. The minimum absolute atomic E-state index is 0.0603. The molecule has 3 aliphatic carbocycles. The zero-order valence-electron chi connectivity index (χ0n) is 21.4. The number of aliphatic hydroxyl groups excluding tert-OH is 1. The van der Waals surface area contributed by atoms with Crippen molar-refractivity contribution < 1.29 is 9.84 Å². The van der Waals surface area contributed by atoms with Crippen LogP contribution in [0.1, 0.15) is 56.9 Å². The van der Waals surface area contributed by atoms with Gasteiger partial charge in [0.25, 0.3) is 0 Å². The second kappa shape index (κ2) is 9.31. The van der Waals surface area contributed by atoms with Gasteiger partial charge >= 0.3 is 0 Å². The molecule has 0 radical (unpaired) electrons. The molecule has 0 spiro atoms. The Morgan fingerprint density at radius 3 is 2.62 bits per heavy atom. The zero-order chi connectivity index (χ0) is 24.0. The van der Waals surface area contributed by atoms with E-state index in [4.69, 9.17) is 15.6 Å². The highest BCUT2D eigenvalue weighted by atomic mass is 16.5. The highest BCUT2D eigenvalue weighted by Crippen LogP contribution is 2.59. The normalized spacial score (nSPS) is 37.3. The average molecular weight is 466 g/mol. The highest BCUT2D eigenvalue weighted by Gasteiger charge is 2.55. The zero-order valence-corrected chi connectivity index (χ0v) is 21.4. The van der Waals surface area contributed by atoms with E-state index in [1.165, 1.54) is 36.1 Å². The number of methoxy groups -OCH3 is 1. The van der Waals surface area contributed by atoms with E-state index in [9.17, 15) is 5.11 Å². The third-order valence-corrected chi connectivity index (χ3v) is 10.2. The van der Waals surface area contributed by atoms with Crippen LogP contribution in [-0.4, -0.2) is 35.1 Å². The Morgan fingerprint density at radius 1 is 1.18 bits per heavy atom. The first kappa shape index (κ1) is 23.9. The van der Waals surface area contributed by atoms with Gasteiger partial charge in [0.1, 0.15) is 5.75 Å². The van der Waals surface area contributed by atoms with Crippen molar-refractivity contribution in [3.63, 3.8) is 0 Å². The molecule has 0 amide bonds. The maximum absolute atomic E-state index is 10.6. The average Bonchev–Trinajstić information content (AvgIpc) is 3.41. The molecule has 5 nitrogen and oxygen atoms in total. The van der Waals surface area contributed by atoms with Gasteiger partial charge in [-0.05, 0) is 102 Å².